The molecule has 0 aromatic carbocycles. The highest BCUT2D eigenvalue weighted by atomic mass is 16.4. The SMILES string of the molecule is NC(=O)N1CCNCC1.NC(=O)N1CCNCC1.O=C(O)/C=C\C(=O)O. The third kappa shape index (κ3) is 12.5. The summed E-state index contributed by atoms with van der Waals surface area (Å²) in [6.07, 6.45) is 1.12. The van der Waals surface area contributed by atoms with Gasteiger partial charge in [0.25, 0.3) is 0 Å². The highest BCUT2D eigenvalue weighted by Crippen LogP contribution is 1.89. The van der Waals surface area contributed by atoms with Crippen molar-refractivity contribution in [1.29, 1.82) is 0 Å². The lowest BCUT2D eigenvalue weighted by Crippen LogP contribution is -2.48. The van der Waals surface area contributed by atoms with Crippen molar-refractivity contribution in [2.75, 3.05) is 52.4 Å². The Morgan fingerprint density at radius 3 is 1.12 bits per heavy atom. The Kier molecular flexibility index (Phi) is 12.0. The van der Waals surface area contributed by atoms with E-state index in [0.717, 1.165) is 52.4 Å². The number of hydrogen-bond donors (Lipinski definition) is 6. The minimum atomic E-state index is -1.26. The van der Waals surface area contributed by atoms with Gasteiger partial charge < -0.3 is 42.1 Å². The van der Waals surface area contributed by atoms with Crippen LogP contribution in [0.4, 0.5) is 9.59 Å². The Bertz CT molecular complexity index is 456. The van der Waals surface area contributed by atoms with Crippen LogP contribution in [0.5, 0.6) is 0 Å². The highest BCUT2D eigenvalue weighted by Gasteiger charge is 2.12. The second-order valence-corrected chi connectivity index (χ2v) is 5.16. The normalized spacial score (nSPS) is 16.6. The average molecular weight is 374 g/mol. The molecule has 0 saturated carbocycles. The standard InChI is InChI=1S/2C5H11N3O.C4H4O4/c2*6-5(9)8-3-1-7-2-4-8;5-3(6)1-2-4(7)8/h2*7H,1-4H2,(H2,6,9);1-2H,(H,5,6)(H,7,8)/b;;2-1-. The zero-order valence-electron chi connectivity index (χ0n) is 14.4. The Morgan fingerprint density at radius 1 is 0.692 bits per heavy atom. The zero-order chi connectivity index (χ0) is 19.9. The molecule has 26 heavy (non-hydrogen) atoms. The van der Waals surface area contributed by atoms with Gasteiger partial charge in [0, 0.05) is 64.5 Å². The third-order valence-corrected chi connectivity index (χ3v) is 3.23. The predicted molar refractivity (Wildman–Crippen MR) is 92.5 cm³/mol. The molecule has 8 N–H and O–H groups in total. The Hall–Kier alpha value is -2.86. The number of nitrogens with one attached hydrogen (secondary N) is 2. The molecular formula is C14H26N6O6. The monoisotopic (exact) mass is 374 g/mol. The van der Waals surface area contributed by atoms with Crippen LogP contribution in [0.25, 0.3) is 0 Å². The first-order valence-electron chi connectivity index (χ1n) is 7.88. The van der Waals surface area contributed by atoms with Crippen LogP contribution in [0.1, 0.15) is 0 Å². The Morgan fingerprint density at radius 2 is 0.962 bits per heavy atom. The summed E-state index contributed by atoms with van der Waals surface area (Å²) in [5.41, 5.74) is 10.1. The first-order valence-corrected chi connectivity index (χ1v) is 7.88. The van der Waals surface area contributed by atoms with Crippen LogP contribution >= 0.6 is 0 Å². The van der Waals surface area contributed by atoms with E-state index in [-0.39, 0.29) is 12.1 Å². The maximum Gasteiger partial charge on any atom is 0.328 e. The number of hydrogen-bond acceptors (Lipinski definition) is 6. The average Bonchev–Trinajstić information content (AvgIpc) is 2.62. The van der Waals surface area contributed by atoms with E-state index in [2.05, 4.69) is 10.6 Å². The van der Waals surface area contributed by atoms with E-state index in [1.807, 2.05) is 0 Å². The lowest BCUT2D eigenvalue weighted by molar-refractivity contribution is -0.134. The van der Waals surface area contributed by atoms with Crippen molar-refractivity contribution >= 4 is 24.0 Å². The lowest BCUT2D eigenvalue weighted by atomic mass is 10.4. The Balaban J connectivity index is 0.000000362. The largest absolute Gasteiger partial charge is 0.478 e. The first-order chi connectivity index (χ1) is 12.2. The molecule has 0 unspecified atom stereocenters. The fourth-order valence-electron chi connectivity index (χ4n) is 1.91. The number of aliphatic carboxylic acids is 2. The molecule has 2 aliphatic rings. The van der Waals surface area contributed by atoms with Gasteiger partial charge in [0.05, 0.1) is 0 Å². The van der Waals surface area contributed by atoms with Gasteiger partial charge in [-0.15, -0.1) is 0 Å². The molecular weight excluding hydrogens is 348 g/mol. The maximum atomic E-state index is 10.5. The predicted octanol–water partition coefficient (Wildman–Crippen LogP) is -2.35. The summed E-state index contributed by atoms with van der Waals surface area (Å²) in [4.78, 5) is 43.3. The number of carboxylic acid groups (broad SMARTS) is 2. The van der Waals surface area contributed by atoms with Crippen LogP contribution < -0.4 is 22.1 Å². The van der Waals surface area contributed by atoms with Crippen LogP contribution in [-0.4, -0.2) is 96.4 Å². The highest BCUT2D eigenvalue weighted by molar-refractivity contribution is 5.89. The summed E-state index contributed by atoms with van der Waals surface area (Å²) < 4.78 is 0. The van der Waals surface area contributed by atoms with Crippen molar-refractivity contribution in [2.45, 2.75) is 0 Å². The van der Waals surface area contributed by atoms with Crippen molar-refractivity contribution in [3.05, 3.63) is 12.2 Å². The molecule has 148 valence electrons. The maximum absolute atomic E-state index is 10.5. The fourth-order valence-corrected chi connectivity index (χ4v) is 1.91. The van der Waals surface area contributed by atoms with Crippen LogP contribution in [0, 0.1) is 0 Å². The van der Waals surface area contributed by atoms with E-state index in [1.165, 1.54) is 0 Å². The number of nitrogens with two attached hydrogens (primary N) is 2. The van der Waals surface area contributed by atoms with Crippen molar-refractivity contribution in [2.24, 2.45) is 11.5 Å². The molecule has 0 radical (unpaired) electrons. The number of nitrogens with zero attached hydrogens (tertiary/aromatic N) is 2. The summed E-state index contributed by atoms with van der Waals surface area (Å²) in [6, 6.07) is -0.618. The van der Waals surface area contributed by atoms with E-state index in [9.17, 15) is 19.2 Å². The van der Waals surface area contributed by atoms with Gasteiger partial charge in [-0.05, 0) is 0 Å². The second kappa shape index (κ2) is 13.4. The molecule has 12 heteroatoms. The number of carbonyl (C=O) groups excluding carboxylic acids is 2. The van der Waals surface area contributed by atoms with Gasteiger partial charge in [0.15, 0.2) is 0 Å². The van der Waals surface area contributed by atoms with Crippen LogP contribution in [0.2, 0.25) is 0 Å². The number of rotatable bonds is 2. The molecule has 2 saturated heterocycles. The summed E-state index contributed by atoms with van der Waals surface area (Å²) in [7, 11) is 0. The van der Waals surface area contributed by atoms with Gasteiger partial charge >= 0.3 is 24.0 Å². The number of primary amides is 2. The minimum absolute atomic E-state index is 0.309. The molecule has 2 aliphatic heterocycles. The second-order valence-electron chi connectivity index (χ2n) is 5.16. The van der Waals surface area contributed by atoms with Crippen molar-refractivity contribution in [3.63, 3.8) is 0 Å². The van der Waals surface area contributed by atoms with Crippen LogP contribution in [-0.2, 0) is 9.59 Å². The molecule has 0 atom stereocenters. The summed E-state index contributed by atoms with van der Waals surface area (Å²) in [5.74, 6) is -2.51. The smallest absolute Gasteiger partial charge is 0.328 e. The number of piperazine rings is 2. The quantitative estimate of drug-likeness (QED) is 0.289. The van der Waals surface area contributed by atoms with Gasteiger partial charge in [-0.3, -0.25) is 0 Å². The minimum Gasteiger partial charge on any atom is -0.478 e. The number of urea groups is 2. The number of amides is 4. The molecule has 0 spiro atoms. The van der Waals surface area contributed by atoms with E-state index in [4.69, 9.17) is 21.7 Å². The molecule has 2 fully saturated rings. The zero-order valence-corrected chi connectivity index (χ0v) is 14.4. The van der Waals surface area contributed by atoms with Crippen molar-refractivity contribution in [3.8, 4) is 0 Å². The number of carbonyl (C=O) groups is 4. The molecule has 4 amide bonds. The molecule has 0 aliphatic carbocycles. The van der Waals surface area contributed by atoms with Gasteiger partial charge in [-0.25, -0.2) is 19.2 Å². The number of carboxylic acids is 2. The molecule has 2 heterocycles. The Labute approximate surface area is 150 Å². The lowest BCUT2D eigenvalue weighted by Gasteiger charge is -2.25. The van der Waals surface area contributed by atoms with E-state index < -0.39 is 11.9 Å². The first kappa shape index (κ1) is 23.1. The van der Waals surface area contributed by atoms with E-state index in [0.29, 0.717) is 12.2 Å². The van der Waals surface area contributed by atoms with E-state index >= 15 is 0 Å². The van der Waals surface area contributed by atoms with Crippen molar-refractivity contribution < 1.29 is 29.4 Å². The molecule has 0 bridgehead atoms. The van der Waals surface area contributed by atoms with Gasteiger partial charge in [-0.2, -0.15) is 0 Å². The molecule has 0 aromatic heterocycles. The third-order valence-electron chi connectivity index (χ3n) is 3.23. The van der Waals surface area contributed by atoms with Crippen LogP contribution in [0.3, 0.4) is 0 Å². The molecule has 2 rings (SSSR count). The summed E-state index contributed by atoms with van der Waals surface area (Å²) in [6.45, 7) is 6.44. The fraction of sp³-hybridized carbons (Fsp3) is 0.571. The van der Waals surface area contributed by atoms with E-state index in [1.54, 1.807) is 9.80 Å². The van der Waals surface area contributed by atoms with Gasteiger partial charge in [0.2, 0.25) is 0 Å². The molecule has 12 nitrogen and oxygen atoms in total. The summed E-state index contributed by atoms with van der Waals surface area (Å²) in [5, 5.41) is 21.9. The molecule has 0 aromatic rings. The summed E-state index contributed by atoms with van der Waals surface area (Å²) >= 11 is 0. The van der Waals surface area contributed by atoms with Crippen molar-refractivity contribution in [1.82, 2.24) is 20.4 Å². The van der Waals surface area contributed by atoms with Gasteiger partial charge in [0.1, 0.15) is 0 Å². The van der Waals surface area contributed by atoms with Gasteiger partial charge in [-0.1, -0.05) is 0 Å². The van der Waals surface area contributed by atoms with Crippen LogP contribution in [0.15, 0.2) is 12.2 Å². The topological polar surface area (TPSA) is 191 Å².